The third kappa shape index (κ3) is 2.05. The van der Waals surface area contributed by atoms with Gasteiger partial charge >= 0.3 is 0 Å². The average Bonchev–Trinajstić information content (AvgIpc) is 2.72. The minimum atomic E-state index is 0.531. The molecule has 0 aromatic carbocycles. The molecule has 0 aliphatic carbocycles. The van der Waals surface area contributed by atoms with E-state index >= 15 is 0 Å². The molecule has 5 nitrogen and oxygen atoms in total. The predicted molar refractivity (Wildman–Crippen MR) is 53.9 cm³/mol. The van der Waals surface area contributed by atoms with Gasteiger partial charge in [-0.25, -0.2) is 0 Å². The van der Waals surface area contributed by atoms with Crippen molar-refractivity contribution < 1.29 is 0 Å². The topological polar surface area (TPSA) is 61.7 Å². The molecule has 2 heterocycles. The number of hydrogen-bond acceptors (Lipinski definition) is 3. The first kappa shape index (κ1) is 9.08. The smallest absolute Gasteiger partial charge is 0.145 e. The Kier molecular flexibility index (Phi) is 2.41. The summed E-state index contributed by atoms with van der Waals surface area (Å²) in [6.45, 7) is 1.46. The summed E-state index contributed by atoms with van der Waals surface area (Å²) in [5, 5.41) is 8.75. The second-order valence-electron chi connectivity index (χ2n) is 2.93. The lowest BCUT2D eigenvalue weighted by molar-refractivity contribution is 0.501. The first-order valence-electron chi connectivity index (χ1n) is 4.21. The second-order valence-corrected chi connectivity index (χ2v) is 3.36. The molecule has 0 amide bonds. The molecule has 0 aliphatic rings. The molecule has 0 radical (unpaired) electrons. The quantitative estimate of drug-likeness (QED) is 0.825. The molecule has 74 valence electrons. The number of anilines is 1. The van der Waals surface area contributed by atoms with Gasteiger partial charge in [0.15, 0.2) is 0 Å². The van der Waals surface area contributed by atoms with Crippen molar-refractivity contribution in [1.29, 1.82) is 0 Å². The van der Waals surface area contributed by atoms with Crippen LogP contribution in [0.25, 0.3) is 0 Å². The van der Waals surface area contributed by atoms with Crippen LogP contribution in [0.2, 0.25) is 5.02 Å². The normalized spacial score (nSPS) is 10.6. The van der Waals surface area contributed by atoms with Crippen LogP contribution < -0.4 is 5.73 Å². The molecule has 2 aromatic rings. The standard InChI is InChI=1S/C8H10ClN5/c9-7-5-11-14(6-7)4-3-13-2-1-8(10)12-13/h1-2,5-6H,3-4H2,(H2,10,12). The van der Waals surface area contributed by atoms with Crippen molar-refractivity contribution >= 4 is 17.4 Å². The number of rotatable bonds is 3. The highest BCUT2D eigenvalue weighted by molar-refractivity contribution is 6.30. The summed E-state index contributed by atoms with van der Waals surface area (Å²) in [6.07, 6.45) is 5.22. The van der Waals surface area contributed by atoms with E-state index in [1.807, 2.05) is 6.20 Å². The minimum Gasteiger partial charge on any atom is -0.382 e. The Labute approximate surface area is 86.1 Å². The lowest BCUT2D eigenvalue weighted by Crippen LogP contribution is -2.08. The lowest BCUT2D eigenvalue weighted by atomic mass is 10.6. The summed E-state index contributed by atoms with van der Waals surface area (Å²) in [5.74, 6) is 0.531. The Balaban J connectivity index is 1.94. The first-order chi connectivity index (χ1) is 6.74. The van der Waals surface area contributed by atoms with Crippen molar-refractivity contribution in [2.75, 3.05) is 5.73 Å². The van der Waals surface area contributed by atoms with Gasteiger partial charge in [0, 0.05) is 12.4 Å². The van der Waals surface area contributed by atoms with Gasteiger partial charge in [0.2, 0.25) is 0 Å². The fourth-order valence-corrected chi connectivity index (χ4v) is 1.32. The number of nitrogens with zero attached hydrogens (tertiary/aromatic N) is 4. The van der Waals surface area contributed by atoms with Crippen molar-refractivity contribution in [3.05, 3.63) is 29.7 Å². The number of aromatic nitrogens is 4. The zero-order chi connectivity index (χ0) is 9.97. The highest BCUT2D eigenvalue weighted by Crippen LogP contribution is 2.04. The predicted octanol–water partition coefficient (Wildman–Crippen LogP) is 1.02. The SMILES string of the molecule is Nc1ccn(CCn2cc(Cl)cn2)n1. The van der Waals surface area contributed by atoms with Gasteiger partial charge in [-0.3, -0.25) is 9.36 Å². The maximum absolute atomic E-state index is 5.72. The molecule has 0 saturated carbocycles. The molecule has 6 heteroatoms. The van der Waals surface area contributed by atoms with Gasteiger partial charge in [-0.1, -0.05) is 11.6 Å². The summed E-state index contributed by atoms with van der Waals surface area (Å²) in [6, 6.07) is 1.76. The van der Waals surface area contributed by atoms with Crippen LogP contribution in [0, 0.1) is 0 Å². The van der Waals surface area contributed by atoms with Crippen LogP contribution in [0.15, 0.2) is 24.7 Å². The van der Waals surface area contributed by atoms with E-state index in [9.17, 15) is 0 Å². The average molecular weight is 212 g/mol. The Morgan fingerprint density at radius 3 is 2.71 bits per heavy atom. The molecule has 2 N–H and O–H groups in total. The zero-order valence-corrected chi connectivity index (χ0v) is 8.22. The summed E-state index contributed by atoms with van der Waals surface area (Å²) >= 11 is 5.72. The molecule has 0 atom stereocenters. The zero-order valence-electron chi connectivity index (χ0n) is 7.47. The molecule has 2 aromatic heterocycles. The third-order valence-electron chi connectivity index (χ3n) is 1.82. The largest absolute Gasteiger partial charge is 0.382 e. The second kappa shape index (κ2) is 3.71. The highest BCUT2D eigenvalue weighted by atomic mass is 35.5. The molecule has 0 fully saturated rings. The fourth-order valence-electron chi connectivity index (χ4n) is 1.17. The Hall–Kier alpha value is -1.49. The molecule has 0 aliphatic heterocycles. The molecule has 0 spiro atoms. The van der Waals surface area contributed by atoms with Crippen LogP contribution in [0.5, 0.6) is 0 Å². The van der Waals surface area contributed by atoms with Gasteiger partial charge in [0.05, 0.1) is 24.3 Å². The molecular weight excluding hydrogens is 202 g/mol. The van der Waals surface area contributed by atoms with Gasteiger partial charge in [0.1, 0.15) is 5.82 Å². The Morgan fingerprint density at radius 1 is 1.36 bits per heavy atom. The maximum atomic E-state index is 5.72. The maximum Gasteiger partial charge on any atom is 0.145 e. The summed E-state index contributed by atoms with van der Waals surface area (Å²) in [5.41, 5.74) is 5.48. The van der Waals surface area contributed by atoms with Crippen molar-refractivity contribution in [3.63, 3.8) is 0 Å². The molecule has 0 bridgehead atoms. The molecule has 0 unspecified atom stereocenters. The van der Waals surface area contributed by atoms with Crippen LogP contribution in [-0.4, -0.2) is 19.6 Å². The Morgan fingerprint density at radius 2 is 2.14 bits per heavy atom. The monoisotopic (exact) mass is 211 g/mol. The lowest BCUT2D eigenvalue weighted by Gasteiger charge is -2.01. The van der Waals surface area contributed by atoms with E-state index < -0.39 is 0 Å². The highest BCUT2D eigenvalue weighted by Gasteiger charge is 1.97. The van der Waals surface area contributed by atoms with Crippen LogP contribution in [0.3, 0.4) is 0 Å². The van der Waals surface area contributed by atoms with E-state index in [0.29, 0.717) is 10.8 Å². The van der Waals surface area contributed by atoms with E-state index in [4.69, 9.17) is 17.3 Å². The summed E-state index contributed by atoms with van der Waals surface area (Å²) in [4.78, 5) is 0. The third-order valence-corrected chi connectivity index (χ3v) is 2.02. The van der Waals surface area contributed by atoms with Gasteiger partial charge in [-0.05, 0) is 6.07 Å². The van der Waals surface area contributed by atoms with Crippen molar-refractivity contribution in [2.24, 2.45) is 0 Å². The van der Waals surface area contributed by atoms with E-state index in [2.05, 4.69) is 10.2 Å². The van der Waals surface area contributed by atoms with Crippen LogP contribution in [0.1, 0.15) is 0 Å². The van der Waals surface area contributed by atoms with Crippen LogP contribution >= 0.6 is 11.6 Å². The van der Waals surface area contributed by atoms with Gasteiger partial charge in [0.25, 0.3) is 0 Å². The number of aryl methyl sites for hydroxylation is 2. The number of hydrogen-bond donors (Lipinski definition) is 1. The van der Waals surface area contributed by atoms with Gasteiger partial charge in [-0.2, -0.15) is 10.2 Å². The molecule has 0 saturated heterocycles. The first-order valence-corrected chi connectivity index (χ1v) is 4.59. The van der Waals surface area contributed by atoms with E-state index in [-0.39, 0.29) is 0 Å². The summed E-state index contributed by atoms with van der Waals surface area (Å²) in [7, 11) is 0. The van der Waals surface area contributed by atoms with Crippen LogP contribution in [-0.2, 0) is 13.1 Å². The Bertz CT molecular complexity index is 379. The minimum absolute atomic E-state index is 0.531. The van der Waals surface area contributed by atoms with Gasteiger partial charge in [-0.15, -0.1) is 0 Å². The van der Waals surface area contributed by atoms with E-state index in [1.54, 1.807) is 27.8 Å². The van der Waals surface area contributed by atoms with Crippen molar-refractivity contribution in [3.8, 4) is 0 Å². The number of nitrogen functional groups attached to an aromatic ring is 1. The van der Waals surface area contributed by atoms with E-state index in [1.165, 1.54) is 0 Å². The van der Waals surface area contributed by atoms with Crippen molar-refractivity contribution in [2.45, 2.75) is 13.1 Å². The number of nitrogens with two attached hydrogens (primary N) is 1. The van der Waals surface area contributed by atoms with E-state index in [0.717, 1.165) is 13.1 Å². The number of halogens is 1. The molecular formula is C8H10ClN5. The van der Waals surface area contributed by atoms with Crippen molar-refractivity contribution in [1.82, 2.24) is 19.6 Å². The molecule has 14 heavy (non-hydrogen) atoms. The van der Waals surface area contributed by atoms with Gasteiger partial charge < -0.3 is 5.73 Å². The molecule has 2 rings (SSSR count). The summed E-state index contributed by atoms with van der Waals surface area (Å²) < 4.78 is 3.53. The van der Waals surface area contributed by atoms with Crippen LogP contribution in [0.4, 0.5) is 5.82 Å². The fraction of sp³-hybridized carbons (Fsp3) is 0.250.